The molecule has 0 saturated heterocycles. The molecule has 6 heteroatoms. The second-order valence-electron chi connectivity index (χ2n) is 3.91. The molecule has 1 aromatic carbocycles. The van der Waals surface area contributed by atoms with E-state index in [0.717, 1.165) is 18.0 Å². The minimum absolute atomic E-state index is 0.260. The lowest BCUT2D eigenvalue weighted by Crippen LogP contribution is -2.08. The highest BCUT2D eigenvalue weighted by Gasteiger charge is 2.03. The van der Waals surface area contributed by atoms with Gasteiger partial charge in [0, 0.05) is 6.54 Å². The van der Waals surface area contributed by atoms with E-state index in [-0.39, 0.29) is 5.56 Å². The molecule has 0 aliphatic carbocycles. The number of aromatic nitrogens is 2. The van der Waals surface area contributed by atoms with Crippen LogP contribution in [0.15, 0.2) is 36.7 Å². The lowest BCUT2D eigenvalue weighted by molar-refractivity contribution is 0.0696. The molecule has 0 bridgehead atoms. The molecule has 0 atom stereocenters. The summed E-state index contributed by atoms with van der Waals surface area (Å²) in [5, 5.41) is 11.8. The number of halogens is 1. The molecule has 0 unspecified atom stereocenters. The average molecular weight is 261 g/mol. The summed E-state index contributed by atoms with van der Waals surface area (Å²) < 4.78 is 12.6. The largest absolute Gasteiger partial charge is 0.478 e. The number of carbonyl (C=O) groups is 1. The summed E-state index contributed by atoms with van der Waals surface area (Å²) in [5.74, 6) is -1.09. The Balaban J connectivity index is 1.90. The van der Waals surface area contributed by atoms with E-state index in [2.05, 4.69) is 15.3 Å². The fourth-order valence-electron chi connectivity index (χ4n) is 1.58. The highest BCUT2D eigenvalue weighted by molar-refractivity contribution is 5.87. The van der Waals surface area contributed by atoms with Crippen molar-refractivity contribution in [2.45, 2.75) is 6.42 Å². The van der Waals surface area contributed by atoms with E-state index in [0.29, 0.717) is 18.9 Å². The van der Waals surface area contributed by atoms with E-state index in [1.165, 1.54) is 0 Å². The molecular formula is C13H12FN3O2. The number of carboxylic acid groups (broad SMARTS) is 1. The summed E-state index contributed by atoms with van der Waals surface area (Å²) in [6, 6.07) is 6.71. The highest BCUT2D eigenvalue weighted by atomic mass is 19.1. The second kappa shape index (κ2) is 5.90. The molecule has 0 spiro atoms. The Hall–Kier alpha value is -2.50. The molecular weight excluding hydrogens is 249 g/mol. The molecule has 1 heterocycles. The van der Waals surface area contributed by atoms with Crippen LogP contribution in [0.2, 0.25) is 0 Å². The van der Waals surface area contributed by atoms with Gasteiger partial charge in [-0.25, -0.2) is 19.2 Å². The fraction of sp³-hybridized carbons (Fsp3) is 0.154. The molecule has 0 fully saturated rings. The van der Waals surface area contributed by atoms with Crippen molar-refractivity contribution in [1.29, 1.82) is 0 Å². The second-order valence-corrected chi connectivity index (χ2v) is 3.91. The van der Waals surface area contributed by atoms with Gasteiger partial charge in [0.15, 0.2) is 5.82 Å². The van der Waals surface area contributed by atoms with Gasteiger partial charge in [-0.2, -0.15) is 0 Å². The van der Waals surface area contributed by atoms with Crippen molar-refractivity contribution in [2.24, 2.45) is 0 Å². The monoisotopic (exact) mass is 261 g/mol. The zero-order valence-corrected chi connectivity index (χ0v) is 10.0. The van der Waals surface area contributed by atoms with Crippen LogP contribution in [0, 0.1) is 5.82 Å². The van der Waals surface area contributed by atoms with Crippen LogP contribution < -0.4 is 5.32 Å². The number of benzene rings is 1. The Labute approximate surface area is 109 Å². The normalized spacial score (nSPS) is 10.2. The van der Waals surface area contributed by atoms with Crippen LogP contribution >= 0.6 is 0 Å². The van der Waals surface area contributed by atoms with Crippen LogP contribution in [0.1, 0.15) is 15.9 Å². The van der Waals surface area contributed by atoms with Gasteiger partial charge < -0.3 is 10.4 Å². The standard InChI is InChI=1S/C13H12FN3O2/c14-11-7-16-13(17-8-11)15-5-4-9-2-1-3-10(6-9)12(18)19/h1-3,6-8H,4-5H2,(H,18,19)(H,15,16,17). The van der Waals surface area contributed by atoms with Gasteiger partial charge in [-0.1, -0.05) is 12.1 Å². The third-order valence-electron chi connectivity index (χ3n) is 2.49. The summed E-state index contributed by atoms with van der Waals surface area (Å²) in [4.78, 5) is 18.3. The van der Waals surface area contributed by atoms with Gasteiger partial charge in [0.05, 0.1) is 18.0 Å². The van der Waals surface area contributed by atoms with Crippen molar-refractivity contribution < 1.29 is 14.3 Å². The number of anilines is 1. The number of aromatic carboxylic acids is 1. The third kappa shape index (κ3) is 3.74. The van der Waals surface area contributed by atoms with Crippen LogP contribution in [0.25, 0.3) is 0 Å². The zero-order chi connectivity index (χ0) is 13.7. The Morgan fingerprint density at radius 2 is 2.05 bits per heavy atom. The van der Waals surface area contributed by atoms with Crippen LogP contribution in [0.5, 0.6) is 0 Å². The average Bonchev–Trinajstić information content (AvgIpc) is 2.41. The van der Waals surface area contributed by atoms with Crippen LogP contribution in [-0.2, 0) is 6.42 Å². The van der Waals surface area contributed by atoms with Gasteiger partial charge >= 0.3 is 5.97 Å². The van der Waals surface area contributed by atoms with Gasteiger partial charge in [0.2, 0.25) is 5.95 Å². The van der Waals surface area contributed by atoms with Crippen LogP contribution in [-0.4, -0.2) is 27.6 Å². The smallest absolute Gasteiger partial charge is 0.335 e. The third-order valence-corrected chi connectivity index (χ3v) is 2.49. The molecule has 98 valence electrons. The summed E-state index contributed by atoms with van der Waals surface area (Å²) in [7, 11) is 0. The molecule has 0 saturated carbocycles. The first-order valence-electron chi connectivity index (χ1n) is 5.69. The number of nitrogens with zero attached hydrogens (tertiary/aromatic N) is 2. The van der Waals surface area contributed by atoms with Crippen molar-refractivity contribution in [2.75, 3.05) is 11.9 Å². The minimum Gasteiger partial charge on any atom is -0.478 e. The van der Waals surface area contributed by atoms with Crippen molar-refractivity contribution in [3.63, 3.8) is 0 Å². The number of hydrogen-bond acceptors (Lipinski definition) is 4. The van der Waals surface area contributed by atoms with Crippen molar-refractivity contribution in [3.05, 3.63) is 53.6 Å². The van der Waals surface area contributed by atoms with E-state index < -0.39 is 11.8 Å². The summed E-state index contributed by atoms with van der Waals surface area (Å²) in [6.45, 7) is 0.536. The van der Waals surface area contributed by atoms with Gasteiger partial charge in [-0.05, 0) is 24.1 Å². The van der Waals surface area contributed by atoms with E-state index in [9.17, 15) is 9.18 Å². The lowest BCUT2D eigenvalue weighted by Gasteiger charge is -2.05. The van der Waals surface area contributed by atoms with Crippen LogP contribution in [0.3, 0.4) is 0 Å². The molecule has 0 radical (unpaired) electrons. The maximum atomic E-state index is 12.6. The molecule has 5 nitrogen and oxygen atoms in total. The summed E-state index contributed by atoms with van der Waals surface area (Å²) in [5.41, 5.74) is 1.16. The van der Waals surface area contributed by atoms with E-state index in [1.54, 1.807) is 18.2 Å². The van der Waals surface area contributed by atoms with Gasteiger partial charge in [-0.3, -0.25) is 0 Å². The van der Waals surface area contributed by atoms with Crippen LogP contribution in [0.4, 0.5) is 10.3 Å². The maximum Gasteiger partial charge on any atom is 0.335 e. The predicted molar refractivity (Wildman–Crippen MR) is 67.6 cm³/mol. The van der Waals surface area contributed by atoms with Crippen molar-refractivity contribution >= 4 is 11.9 Å². The van der Waals surface area contributed by atoms with E-state index >= 15 is 0 Å². The zero-order valence-electron chi connectivity index (χ0n) is 10.0. The number of carboxylic acids is 1. The number of rotatable bonds is 5. The highest BCUT2D eigenvalue weighted by Crippen LogP contribution is 2.06. The quantitative estimate of drug-likeness (QED) is 0.860. The molecule has 0 aliphatic heterocycles. The molecule has 1 aromatic heterocycles. The molecule has 2 aromatic rings. The van der Waals surface area contributed by atoms with E-state index in [1.807, 2.05) is 6.07 Å². The SMILES string of the molecule is O=C(O)c1cccc(CCNc2ncc(F)cn2)c1. The first-order valence-corrected chi connectivity index (χ1v) is 5.69. The van der Waals surface area contributed by atoms with Crippen molar-refractivity contribution in [3.8, 4) is 0 Å². The van der Waals surface area contributed by atoms with Gasteiger partial charge in [-0.15, -0.1) is 0 Å². The molecule has 2 rings (SSSR count). The summed E-state index contributed by atoms with van der Waals surface area (Å²) >= 11 is 0. The Bertz CT molecular complexity index is 572. The van der Waals surface area contributed by atoms with Gasteiger partial charge in [0.1, 0.15) is 0 Å². The van der Waals surface area contributed by atoms with E-state index in [4.69, 9.17) is 5.11 Å². The maximum absolute atomic E-state index is 12.6. The Morgan fingerprint density at radius 1 is 1.32 bits per heavy atom. The first kappa shape index (κ1) is 12.9. The fourth-order valence-corrected chi connectivity index (χ4v) is 1.58. The molecule has 0 aliphatic rings. The first-order chi connectivity index (χ1) is 9.15. The molecule has 0 amide bonds. The number of hydrogen-bond donors (Lipinski definition) is 2. The Morgan fingerprint density at radius 3 is 2.74 bits per heavy atom. The minimum atomic E-state index is -0.948. The summed E-state index contributed by atoms with van der Waals surface area (Å²) in [6.07, 6.45) is 2.79. The van der Waals surface area contributed by atoms with Crippen molar-refractivity contribution in [1.82, 2.24) is 9.97 Å². The topological polar surface area (TPSA) is 75.1 Å². The Kier molecular flexibility index (Phi) is 4.02. The predicted octanol–water partition coefficient (Wildman–Crippen LogP) is 1.97. The number of nitrogens with one attached hydrogen (secondary N) is 1. The van der Waals surface area contributed by atoms with Gasteiger partial charge in [0.25, 0.3) is 0 Å². The molecule has 19 heavy (non-hydrogen) atoms. The molecule has 2 N–H and O–H groups in total. The lowest BCUT2D eigenvalue weighted by atomic mass is 10.1.